The number of aliphatic hydroxyl groups excluding tert-OH is 1. The lowest BCUT2D eigenvalue weighted by molar-refractivity contribution is 0.0576. The van der Waals surface area contributed by atoms with Crippen LogP contribution in [0.3, 0.4) is 0 Å². The molecule has 0 aromatic heterocycles. The lowest BCUT2D eigenvalue weighted by atomic mass is 10.1. The summed E-state index contributed by atoms with van der Waals surface area (Å²) in [5, 5.41) is 10.2. The first kappa shape index (κ1) is 9.36. The van der Waals surface area contributed by atoms with Crippen LogP contribution in [-0.2, 0) is 0 Å². The van der Waals surface area contributed by atoms with E-state index in [9.17, 15) is 5.11 Å². The van der Waals surface area contributed by atoms with Gasteiger partial charge in [-0.25, -0.2) is 4.99 Å². The number of aliphatic imine (C=N–C) groups is 1. The lowest BCUT2D eigenvalue weighted by Crippen LogP contribution is -2.32. The van der Waals surface area contributed by atoms with Gasteiger partial charge in [0.25, 0.3) is 0 Å². The summed E-state index contributed by atoms with van der Waals surface area (Å²) in [6.45, 7) is 0.909. The molecule has 0 unspecified atom stereocenters. The highest BCUT2D eigenvalue weighted by Crippen LogP contribution is 2.37. The summed E-state index contributed by atoms with van der Waals surface area (Å²) in [5.41, 5.74) is 1.80. The molecule has 2 aliphatic rings. The van der Waals surface area contributed by atoms with Crippen molar-refractivity contribution in [2.24, 2.45) is 4.99 Å². The Morgan fingerprint density at radius 2 is 2.33 bits per heavy atom. The molecule has 2 aliphatic heterocycles. The van der Waals surface area contributed by atoms with E-state index in [-0.39, 0.29) is 0 Å². The van der Waals surface area contributed by atoms with Gasteiger partial charge in [0.15, 0.2) is 6.23 Å². The Bertz CT molecular complexity index is 444. The first-order chi connectivity index (χ1) is 7.25. The van der Waals surface area contributed by atoms with E-state index in [2.05, 4.69) is 20.9 Å². The average Bonchev–Trinajstić information content (AvgIpc) is 2.68. The van der Waals surface area contributed by atoms with Gasteiger partial charge in [0, 0.05) is 23.0 Å². The summed E-state index contributed by atoms with van der Waals surface area (Å²) in [7, 11) is 0. The van der Waals surface area contributed by atoms with Crippen molar-refractivity contribution in [1.82, 2.24) is 4.90 Å². The van der Waals surface area contributed by atoms with Crippen molar-refractivity contribution in [3.8, 4) is 0 Å². The van der Waals surface area contributed by atoms with Gasteiger partial charge in [0.05, 0.1) is 5.69 Å². The summed E-state index contributed by atoms with van der Waals surface area (Å²) in [6, 6.07) is 5.85. The number of hydrogen-bond acceptors (Lipinski definition) is 3. The van der Waals surface area contributed by atoms with Crippen molar-refractivity contribution in [3.63, 3.8) is 0 Å². The van der Waals surface area contributed by atoms with E-state index in [0.29, 0.717) is 0 Å². The second-order valence-corrected chi connectivity index (χ2v) is 4.82. The first-order valence-electron chi connectivity index (χ1n) is 5.07. The Hall–Kier alpha value is -0.870. The smallest absolute Gasteiger partial charge is 0.156 e. The minimum absolute atomic E-state index is 0.521. The quantitative estimate of drug-likeness (QED) is 0.784. The Morgan fingerprint density at radius 1 is 1.47 bits per heavy atom. The highest BCUT2D eigenvalue weighted by molar-refractivity contribution is 9.10. The van der Waals surface area contributed by atoms with Gasteiger partial charge in [0.1, 0.15) is 5.84 Å². The molecule has 78 valence electrons. The summed E-state index contributed by atoms with van der Waals surface area (Å²) in [4.78, 5) is 6.54. The van der Waals surface area contributed by atoms with Crippen LogP contribution in [-0.4, -0.2) is 22.4 Å². The third kappa shape index (κ3) is 1.40. The zero-order valence-electron chi connectivity index (χ0n) is 8.15. The monoisotopic (exact) mass is 266 g/mol. The van der Waals surface area contributed by atoms with Crippen LogP contribution in [0.2, 0.25) is 0 Å². The number of benzene rings is 1. The second kappa shape index (κ2) is 3.32. The van der Waals surface area contributed by atoms with Crippen LogP contribution in [0, 0.1) is 0 Å². The number of fused-ring (bicyclic) bond motifs is 2. The molecule has 0 aliphatic carbocycles. The Kier molecular flexibility index (Phi) is 2.07. The van der Waals surface area contributed by atoms with Crippen molar-refractivity contribution < 1.29 is 5.11 Å². The Labute approximate surface area is 96.6 Å². The average molecular weight is 267 g/mol. The van der Waals surface area contributed by atoms with Crippen LogP contribution in [0.4, 0.5) is 5.69 Å². The van der Waals surface area contributed by atoms with Gasteiger partial charge < -0.3 is 10.0 Å². The summed E-state index contributed by atoms with van der Waals surface area (Å²) < 4.78 is 0.984. The zero-order chi connectivity index (χ0) is 10.4. The maximum absolute atomic E-state index is 10.2. The van der Waals surface area contributed by atoms with Crippen molar-refractivity contribution in [1.29, 1.82) is 0 Å². The van der Waals surface area contributed by atoms with Gasteiger partial charge in [-0.3, -0.25) is 0 Å². The standard InChI is InChI=1S/C11H11BrN2O/c12-7-3-4-9-8(6-7)11(15)14-5-1-2-10(14)13-9/h3-4,6,11,15H,1-2,5H2/t11-/m0/s1. The maximum atomic E-state index is 10.2. The van der Waals surface area contributed by atoms with E-state index >= 15 is 0 Å². The van der Waals surface area contributed by atoms with Crippen LogP contribution in [0.1, 0.15) is 24.6 Å². The fourth-order valence-corrected chi connectivity index (χ4v) is 2.58. The molecule has 1 atom stereocenters. The molecular weight excluding hydrogens is 256 g/mol. The van der Waals surface area contributed by atoms with E-state index < -0.39 is 6.23 Å². The van der Waals surface area contributed by atoms with Gasteiger partial charge >= 0.3 is 0 Å². The first-order valence-corrected chi connectivity index (χ1v) is 5.87. The van der Waals surface area contributed by atoms with Crippen LogP contribution in [0.15, 0.2) is 27.7 Å². The van der Waals surface area contributed by atoms with E-state index in [4.69, 9.17) is 0 Å². The van der Waals surface area contributed by atoms with E-state index in [1.807, 2.05) is 23.1 Å². The van der Waals surface area contributed by atoms with Gasteiger partial charge in [-0.2, -0.15) is 0 Å². The van der Waals surface area contributed by atoms with Crippen LogP contribution in [0.5, 0.6) is 0 Å². The molecular formula is C11H11BrN2O. The summed E-state index contributed by atoms with van der Waals surface area (Å²) in [5.74, 6) is 1.03. The Morgan fingerprint density at radius 3 is 3.20 bits per heavy atom. The fourth-order valence-electron chi connectivity index (χ4n) is 2.20. The van der Waals surface area contributed by atoms with Gasteiger partial charge in [-0.15, -0.1) is 0 Å². The second-order valence-electron chi connectivity index (χ2n) is 3.90. The molecule has 0 radical (unpaired) electrons. The summed E-state index contributed by atoms with van der Waals surface area (Å²) in [6.07, 6.45) is 1.55. The molecule has 1 aromatic rings. The topological polar surface area (TPSA) is 35.8 Å². The molecule has 2 heterocycles. The molecule has 4 heteroatoms. The van der Waals surface area contributed by atoms with Crippen molar-refractivity contribution in [2.45, 2.75) is 19.1 Å². The van der Waals surface area contributed by atoms with Gasteiger partial charge in [-0.05, 0) is 24.6 Å². The molecule has 15 heavy (non-hydrogen) atoms. The molecule has 1 saturated heterocycles. The number of hydrogen-bond donors (Lipinski definition) is 1. The number of rotatable bonds is 0. The van der Waals surface area contributed by atoms with Crippen molar-refractivity contribution in [2.75, 3.05) is 6.54 Å². The normalized spacial score (nSPS) is 23.5. The third-order valence-corrected chi connectivity index (χ3v) is 3.44. The molecule has 0 spiro atoms. The van der Waals surface area contributed by atoms with E-state index in [1.54, 1.807) is 0 Å². The maximum Gasteiger partial charge on any atom is 0.156 e. The highest BCUT2D eigenvalue weighted by Gasteiger charge is 2.31. The molecule has 0 amide bonds. The molecule has 1 N–H and O–H groups in total. The third-order valence-electron chi connectivity index (χ3n) is 2.94. The minimum atomic E-state index is -0.521. The predicted octanol–water partition coefficient (Wildman–Crippen LogP) is 2.58. The van der Waals surface area contributed by atoms with Crippen LogP contribution < -0.4 is 0 Å². The SMILES string of the molecule is O[C@H]1c2cc(Br)ccc2N=C2CCCN21. The zero-order valence-corrected chi connectivity index (χ0v) is 9.74. The van der Waals surface area contributed by atoms with Gasteiger partial charge in [0.2, 0.25) is 0 Å². The Balaban J connectivity index is 2.15. The molecule has 0 saturated carbocycles. The number of nitrogens with zero attached hydrogens (tertiary/aromatic N) is 2. The molecule has 3 rings (SSSR count). The predicted molar refractivity (Wildman–Crippen MR) is 62.1 cm³/mol. The van der Waals surface area contributed by atoms with Crippen molar-refractivity contribution in [3.05, 3.63) is 28.2 Å². The largest absolute Gasteiger partial charge is 0.369 e. The molecule has 3 nitrogen and oxygen atoms in total. The number of halogens is 1. The van der Waals surface area contributed by atoms with Crippen molar-refractivity contribution >= 4 is 27.5 Å². The molecule has 1 fully saturated rings. The fraction of sp³-hybridized carbons (Fsp3) is 0.364. The summed E-state index contributed by atoms with van der Waals surface area (Å²) >= 11 is 3.41. The highest BCUT2D eigenvalue weighted by atomic mass is 79.9. The molecule has 1 aromatic carbocycles. The van der Waals surface area contributed by atoms with Crippen LogP contribution in [0.25, 0.3) is 0 Å². The van der Waals surface area contributed by atoms with E-state index in [1.165, 1.54) is 0 Å². The lowest BCUT2D eigenvalue weighted by Gasteiger charge is -2.30. The molecule has 0 bridgehead atoms. The van der Waals surface area contributed by atoms with Crippen LogP contribution >= 0.6 is 15.9 Å². The minimum Gasteiger partial charge on any atom is -0.369 e. The van der Waals surface area contributed by atoms with Gasteiger partial charge in [-0.1, -0.05) is 15.9 Å². The van der Waals surface area contributed by atoms with E-state index in [0.717, 1.165) is 40.9 Å². The number of amidine groups is 1. The number of aliphatic hydroxyl groups is 1.